The van der Waals surface area contributed by atoms with Gasteiger partial charge in [-0.1, -0.05) is 36.4 Å². The highest BCUT2D eigenvalue weighted by Crippen LogP contribution is 2.24. The Morgan fingerprint density at radius 2 is 1.77 bits per heavy atom. The molecule has 0 fully saturated rings. The predicted octanol–water partition coefficient (Wildman–Crippen LogP) is 4.51. The Hall–Kier alpha value is -3.21. The number of benzene rings is 2. The summed E-state index contributed by atoms with van der Waals surface area (Å²) in [5.74, 6) is -0.637. The standard InChI is InChI=1S/C21H20FN3O/c1-14-6-5-7-15(2)20(14)25-18-10-17(11-23-13-18)21(26)24-12-16-8-3-4-9-19(16)22/h3-11,13,25H,12H2,1-2H3,(H,24,26). The number of rotatable bonds is 5. The third-order valence-corrected chi connectivity index (χ3v) is 4.15. The van der Waals surface area contributed by atoms with Gasteiger partial charge in [-0.25, -0.2) is 4.39 Å². The van der Waals surface area contributed by atoms with Crippen molar-refractivity contribution in [1.82, 2.24) is 10.3 Å². The first-order chi connectivity index (χ1) is 12.5. The number of para-hydroxylation sites is 1. The molecule has 0 radical (unpaired) electrons. The molecule has 0 spiro atoms. The molecule has 0 bridgehead atoms. The Morgan fingerprint density at radius 1 is 1.04 bits per heavy atom. The minimum atomic E-state index is -0.337. The van der Waals surface area contributed by atoms with E-state index in [1.807, 2.05) is 32.0 Å². The van der Waals surface area contributed by atoms with E-state index in [-0.39, 0.29) is 18.3 Å². The van der Waals surface area contributed by atoms with Crippen molar-refractivity contribution in [1.29, 1.82) is 0 Å². The fourth-order valence-electron chi connectivity index (χ4n) is 2.71. The number of carbonyl (C=O) groups is 1. The van der Waals surface area contributed by atoms with E-state index in [1.54, 1.807) is 30.5 Å². The predicted molar refractivity (Wildman–Crippen MR) is 101 cm³/mol. The summed E-state index contributed by atoms with van der Waals surface area (Å²) in [6.45, 7) is 4.17. The third kappa shape index (κ3) is 4.06. The number of halogens is 1. The molecule has 4 nitrogen and oxygen atoms in total. The highest BCUT2D eigenvalue weighted by molar-refractivity contribution is 5.94. The van der Waals surface area contributed by atoms with E-state index < -0.39 is 0 Å². The second-order valence-electron chi connectivity index (χ2n) is 6.13. The minimum Gasteiger partial charge on any atom is -0.354 e. The molecule has 0 unspecified atom stereocenters. The van der Waals surface area contributed by atoms with E-state index in [0.29, 0.717) is 11.1 Å². The number of aromatic nitrogens is 1. The van der Waals surface area contributed by atoms with Crippen LogP contribution in [-0.4, -0.2) is 10.9 Å². The van der Waals surface area contributed by atoms with Gasteiger partial charge in [0.2, 0.25) is 0 Å². The molecular formula is C21H20FN3O. The number of amides is 1. The quantitative estimate of drug-likeness (QED) is 0.712. The van der Waals surface area contributed by atoms with Gasteiger partial charge in [-0.2, -0.15) is 0 Å². The zero-order chi connectivity index (χ0) is 18.5. The average molecular weight is 349 g/mol. The van der Waals surface area contributed by atoms with Crippen molar-refractivity contribution in [2.45, 2.75) is 20.4 Å². The van der Waals surface area contributed by atoms with Crippen LogP contribution in [0.5, 0.6) is 0 Å². The Balaban J connectivity index is 1.72. The van der Waals surface area contributed by atoms with E-state index in [4.69, 9.17) is 0 Å². The molecule has 132 valence electrons. The van der Waals surface area contributed by atoms with Gasteiger partial charge < -0.3 is 10.6 Å². The SMILES string of the molecule is Cc1cccc(C)c1Nc1cncc(C(=O)NCc2ccccc2F)c1. The molecule has 0 saturated carbocycles. The lowest BCUT2D eigenvalue weighted by Gasteiger charge is -2.13. The number of carbonyl (C=O) groups excluding carboxylic acids is 1. The fraction of sp³-hybridized carbons (Fsp3) is 0.143. The van der Waals surface area contributed by atoms with Gasteiger partial charge in [-0.3, -0.25) is 9.78 Å². The van der Waals surface area contributed by atoms with Crippen molar-refractivity contribution in [2.24, 2.45) is 0 Å². The number of nitrogens with one attached hydrogen (secondary N) is 2. The van der Waals surface area contributed by atoms with E-state index in [2.05, 4.69) is 15.6 Å². The Morgan fingerprint density at radius 3 is 2.50 bits per heavy atom. The highest BCUT2D eigenvalue weighted by Gasteiger charge is 2.10. The van der Waals surface area contributed by atoms with E-state index >= 15 is 0 Å². The number of nitrogens with zero attached hydrogens (tertiary/aromatic N) is 1. The van der Waals surface area contributed by atoms with Gasteiger partial charge in [-0.05, 0) is 37.1 Å². The fourth-order valence-corrected chi connectivity index (χ4v) is 2.71. The molecule has 1 heterocycles. The molecule has 2 N–H and O–H groups in total. The average Bonchev–Trinajstić information content (AvgIpc) is 2.64. The monoisotopic (exact) mass is 349 g/mol. The lowest BCUT2D eigenvalue weighted by Crippen LogP contribution is -2.23. The summed E-state index contributed by atoms with van der Waals surface area (Å²) < 4.78 is 13.7. The van der Waals surface area contributed by atoms with E-state index in [1.165, 1.54) is 12.3 Å². The third-order valence-electron chi connectivity index (χ3n) is 4.15. The maximum Gasteiger partial charge on any atom is 0.253 e. The largest absolute Gasteiger partial charge is 0.354 e. The molecule has 1 aromatic heterocycles. The number of aryl methyl sites for hydroxylation is 2. The van der Waals surface area contributed by atoms with Crippen LogP contribution in [-0.2, 0) is 6.54 Å². The summed E-state index contributed by atoms with van der Waals surface area (Å²) in [7, 11) is 0. The van der Waals surface area contributed by atoms with Crippen LogP contribution in [0.2, 0.25) is 0 Å². The maximum atomic E-state index is 13.7. The van der Waals surface area contributed by atoms with Crippen LogP contribution < -0.4 is 10.6 Å². The van der Waals surface area contributed by atoms with Gasteiger partial charge >= 0.3 is 0 Å². The zero-order valence-electron chi connectivity index (χ0n) is 14.7. The van der Waals surface area contributed by atoms with Crippen molar-refractivity contribution >= 4 is 17.3 Å². The molecule has 0 aliphatic rings. The summed E-state index contributed by atoms with van der Waals surface area (Å²) >= 11 is 0. The van der Waals surface area contributed by atoms with Gasteiger partial charge in [0, 0.05) is 24.0 Å². The molecule has 3 rings (SSSR count). The summed E-state index contributed by atoms with van der Waals surface area (Å²) in [5, 5.41) is 6.04. The van der Waals surface area contributed by atoms with Crippen molar-refractivity contribution in [3.8, 4) is 0 Å². The van der Waals surface area contributed by atoms with Crippen molar-refractivity contribution in [3.05, 3.63) is 89.0 Å². The summed E-state index contributed by atoms with van der Waals surface area (Å²) in [6, 6.07) is 14.1. The Bertz CT molecular complexity index is 920. The first-order valence-electron chi connectivity index (χ1n) is 8.34. The topological polar surface area (TPSA) is 54.0 Å². The van der Waals surface area contributed by atoms with Crippen LogP contribution in [0, 0.1) is 19.7 Å². The molecular weight excluding hydrogens is 329 g/mol. The number of hydrogen-bond donors (Lipinski definition) is 2. The second kappa shape index (κ2) is 7.78. The lowest BCUT2D eigenvalue weighted by molar-refractivity contribution is 0.0950. The maximum absolute atomic E-state index is 13.7. The highest BCUT2D eigenvalue weighted by atomic mass is 19.1. The van der Waals surface area contributed by atoms with Crippen LogP contribution in [0.1, 0.15) is 27.0 Å². The molecule has 1 amide bonds. The molecule has 0 saturated heterocycles. The number of pyridine rings is 1. The first kappa shape index (κ1) is 17.6. The van der Waals surface area contributed by atoms with E-state index in [0.717, 1.165) is 22.5 Å². The smallest absolute Gasteiger partial charge is 0.253 e. The Kier molecular flexibility index (Phi) is 5.27. The summed E-state index contributed by atoms with van der Waals surface area (Å²) in [4.78, 5) is 16.5. The molecule has 0 aliphatic carbocycles. The van der Waals surface area contributed by atoms with Crippen molar-refractivity contribution in [2.75, 3.05) is 5.32 Å². The van der Waals surface area contributed by atoms with Crippen LogP contribution >= 0.6 is 0 Å². The van der Waals surface area contributed by atoms with Crippen LogP contribution in [0.25, 0.3) is 0 Å². The van der Waals surface area contributed by atoms with Gasteiger partial charge in [-0.15, -0.1) is 0 Å². The zero-order valence-corrected chi connectivity index (χ0v) is 14.7. The molecule has 5 heteroatoms. The normalized spacial score (nSPS) is 10.4. The first-order valence-corrected chi connectivity index (χ1v) is 8.34. The lowest BCUT2D eigenvalue weighted by atomic mass is 10.1. The second-order valence-corrected chi connectivity index (χ2v) is 6.13. The number of hydrogen-bond acceptors (Lipinski definition) is 3. The van der Waals surface area contributed by atoms with Crippen molar-refractivity contribution < 1.29 is 9.18 Å². The molecule has 3 aromatic rings. The van der Waals surface area contributed by atoms with Crippen LogP contribution in [0.3, 0.4) is 0 Å². The molecule has 0 aliphatic heterocycles. The van der Waals surface area contributed by atoms with Gasteiger partial charge in [0.05, 0.1) is 17.4 Å². The number of anilines is 2. The van der Waals surface area contributed by atoms with Gasteiger partial charge in [0.15, 0.2) is 0 Å². The molecule has 0 atom stereocenters. The van der Waals surface area contributed by atoms with Gasteiger partial charge in [0.1, 0.15) is 5.82 Å². The van der Waals surface area contributed by atoms with Gasteiger partial charge in [0.25, 0.3) is 5.91 Å². The molecule has 2 aromatic carbocycles. The van der Waals surface area contributed by atoms with Crippen LogP contribution in [0.4, 0.5) is 15.8 Å². The summed E-state index contributed by atoms with van der Waals surface area (Å²) in [5.41, 5.74) is 4.80. The molecule has 26 heavy (non-hydrogen) atoms. The van der Waals surface area contributed by atoms with E-state index in [9.17, 15) is 9.18 Å². The van der Waals surface area contributed by atoms with Crippen LogP contribution in [0.15, 0.2) is 60.9 Å². The summed E-state index contributed by atoms with van der Waals surface area (Å²) in [6.07, 6.45) is 3.16. The Labute approximate surface area is 152 Å². The minimum absolute atomic E-state index is 0.125. The van der Waals surface area contributed by atoms with Crippen molar-refractivity contribution in [3.63, 3.8) is 0 Å².